The van der Waals surface area contributed by atoms with Crippen molar-refractivity contribution in [1.82, 2.24) is 0 Å². The molecule has 1 rings (SSSR count). The number of unbranched alkanes of at least 4 members (excludes halogenated alkanes) is 9. The van der Waals surface area contributed by atoms with Gasteiger partial charge in [0.15, 0.2) is 0 Å². The lowest BCUT2D eigenvalue weighted by Crippen LogP contribution is -1.97. The molecule has 1 aromatic rings. The number of aryl methyl sites for hydroxylation is 1. The van der Waals surface area contributed by atoms with Gasteiger partial charge in [0.1, 0.15) is 5.75 Å². The Balaban J connectivity index is 1.92. The Morgan fingerprint density at radius 1 is 0.739 bits per heavy atom. The van der Waals surface area contributed by atoms with Crippen molar-refractivity contribution >= 4 is 0 Å². The second kappa shape index (κ2) is 14.6. The van der Waals surface area contributed by atoms with E-state index in [2.05, 4.69) is 31.2 Å². The fourth-order valence-electron chi connectivity index (χ4n) is 2.77. The van der Waals surface area contributed by atoms with E-state index in [9.17, 15) is 0 Å². The van der Waals surface area contributed by atoms with Crippen LogP contribution >= 0.6 is 0 Å². The van der Waals surface area contributed by atoms with Crippen LogP contribution in [0.4, 0.5) is 0 Å². The highest BCUT2D eigenvalue weighted by Gasteiger charge is 1.97. The molecule has 0 amide bonds. The standard InChI is InChI=1S/C21H36O2/c1-2-3-13-20-14-16-21(17-15-20)23-19-12-10-8-6-4-5-7-9-11-18-22/h14-17,22H,2-13,18-19H2,1H3. The third-order valence-corrected chi connectivity index (χ3v) is 4.31. The fraction of sp³-hybridized carbons (Fsp3) is 0.714. The minimum Gasteiger partial charge on any atom is -0.494 e. The summed E-state index contributed by atoms with van der Waals surface area (Å²) in [5, 5.41) is 8.71. The van der Waals surface area contributed by atoms with Crippen LogP contribution in [0.2, 0.25) is 0 Å². The van der Waals surface area contributed by atoms with Gasteiger partial charge in [0, 0.05) is 6.61 Å². The van der Waals surface area contributed by atoms with Gasteiger partial charge < -0.3 is 9.84 Å². The van der Waals surface area contributed by atoms with Gasteiger partial charge in [0.25, 0.3) is 0 Å². The first-order chi connectivity index (χ1) is 11.4. The Hall–Kier alpha value is -1.02. The largest absolute Gasteiger partial charge is 0.494 e. The molecule has 1 N–H and O–H groups in total. The number of aliphatic hydroxyl groups excluding tert-OH is 1. The van der Waals surface area contributed by atoms with E-state index in [4.69, 9.17) is 9.84 Å². The Labute approximate surface area is 143 Å². The maximum absolute atomic E-state index is 8.71. The van der Waals surface area contributed by atoms with Gasteiger partial charge in [-0.15, -0.1) is 0 Å². The molecule has 0 spiro atoms. The average molecular weight is 321 g/mol. The van der Waals surface area contributed by atoms with Crippen LogP contribution in [0.25, 0.3) is 0 Å². The van der Waals surface area contributed by atoms with Crippen molar-refractivity contribution in [2.45, 2.75) is 84.0 Å². The molecule has 2 heteroatoms. The Morgan fingerprint density at radius 2 is 1.30 bits per heavy atom. The summed E-state index contributed by atoms with van der Waals surface area (Å²) in [6.45, 7) is 3.42. The molecule has 0 aliphatic carbocycles. The van der Waals surface area contributed by atoms with E-state index in [1.165, 1.54) is 69.8 Å². The zero-order valence-electron chi connectivity index (χ0n) is 15.1. The lowest BCUT2D eigenvalue weighted by atomic mass is 10.1. The van der Waals surface area contributed by atoms with E-state index in [1.807, 2.05) is 0 Å². The normalized spacial score (nSPS) is 10.9. The summed E-state index contributed by atoms with van der Waals surface area (Å²) < 4.78 is 5.81. The molecule has 1 aromatic carbocycles. The van der Waals surface area contributed by atoms with E-state index in [1.54, 1.807) is 0 Å². The van der Waals surface area contributed by atoms with E-state index in [0.29, 0.717) is 6.61 Å². The maximum atomic E-state index is 8.71. The molecular formula is C21H36O2. The summed E-state index contributed by atoms with van der Waals surface area (Å²) in [7, 11) is 0. The summed E-state index contributed by atoms with van der Waals surface area (Å²) in [4.78, 5) is 0. The molecule has 132 valence electrons. The molecule has 0 saturated heterocycles. The third kappa shape index (κ3) is 11.2. The number of hydrogen-bond acceptors (Lipinski definition) is 2. The fourth-order valence-corrected chi connectivity index (χ4v) is 2.77. The van der Waals surface area contributed by atoms with E-state index >= 15 is 0 Å². The topological polar surface area (TPSA) is 29.5 Å². The maximum Gasteiger partial charge on any atom is 0.119 e. The van der Waals surface area contributed by atoms with Crippen LogP contribution in [0.1, 0.15) is 83.1 Å². The van der Waals surface area contributed by atoms with Gasteiger partial charge in [-0.2, -0.15) is 0 Å². The lowest BCUT2D eigenvalue weighted by molar-refractivity contribution is 0.282. The van der Waals surface area contributed by atoms with Gasteiger partial charge in [-0.1, -0.05) is 70.4 Å². The Morgan fingerprint density at radius 3 is 1.87 bits per heavy atom. The van der Waals surface area contributed by atoms with Gasteiger partial charge >= 0.3 is 0 Å². The zero-order valence-corrected chi connectivity index (χ0v) is 15.1. The highest BCUT2D eigenvalue weighted by molar-refractivity contribution is 5.27. The highest BCUT2D eigenvalue weighted by Crippen LogP contribution is 2.15. The molecule has 0 heterocycles. The number of ether oxygens (including phenoxy) is 1. The summed E-state index contributed by atoms with van der Waals surface area (Å²) >= 11 is 0. The smallest absolute Gasteiger partial charge is 0.119 e. The first-order valence-electron chi connectivity index (χ1n) is 9.69. The van der Waals surface area contributed by atoms with Gasteiger partial charge in [0.05, 0.1) is 6.61 Å². The van der Waals surface area contributed by atoms with Crippen molar-refractivity contribution in [2.75, 3.05) is 13.2 Å². The quantitative estimate of drug-likeness (QED) is 0.407. The Kier molecular flexibility index (Phi) is 12.7. The molecule has 0 unspecified atom stereocenters. The molecule has 23 heavy (non-hydrogen) atoms. The van der Waals surface area contributed by atoms with Crippen LogP contribution in [0, 0.1) is 0 Å². The summed E-state index contributed by atoms with van der Waals surface area (Å²) in [5.41, 5.74) is 1.41. The minimum absolute atomic E-state index is 0.349. The van der Waals surface area contributed by atoms with E-state index < -0.39 is 0 Å². The van der Waals surface area contributed by atoms with Crippen LogP contribution in [-0.4, -0.2) is 18.3 Å². The van der Waals surface area contributed by atoms with E-state index in [-0.39, 0.29) is 0 Å². The van der Waals surface area contributed by atoms with Gasteiger partial charge in [-0.25, -0.2) is 0 Å². The zero-order chi connectivity index (χ0) is 16.6. The van der Waals surface area contributed by atoms with Crippen molar-refractivity contribution in [2.24, 2.45) is 0 Å². The van der Waals surface area contributed by atoms with Crippen molar-refractivity contribution in [3.63, 3.8) is 0 Å². The van der Waals surface area contributed by atoms with Crippen LogP contribution in [-0.2, 0) is 6.42 Å². The molecule has 0 radical (unpaired) electrons. The van der Waals surface area contributed by atoms with E-state index in [0.717, 1.165) is 25.2 Å². The van der Waals surface area contributed by atoms with Gasteiger partial charge in [-0.05, 0) is 43.4 Å². The molecule has 0 aliphatic rings. The number of aliphatic hydroxyl groups is 1. The van der Waals surface area contributed by atoms with Crippen molar-refractivity contribution in [1.29, 1.82) is 0 Å². The first-order valence-corrected chi connectivity index (χ1v) is 9.69. The SMILES string of the molecule is CCCCc1ccc(OCCCCCCCCCCCO)cc1. The number of benzene rings is 1. The van der Waals surface area contributed by atoms with Crippen molar-refractivity contribution < 1.29 is 9.84 Å². The third-order valence-electron chi connectivity index (χ3n) is 4.31. The molecule has 0 bridgehead atoms. The van der Waals surface area contributed by atoms with Crippen molar-refractivity contribution in [3.8, 4) is 5.75 Å². The van der Waals surface area contributed by atoms with Gasteiger partial charge in [-0.3, -0.25) is 0 Å². The second-order valence-electron chi connectivity index (χ2n) is 6.50. The molecule has 0 aromatic heterocycles. The van der Waals surface area contributed by atoms with Crippen LogP contribution in [0.5, 0.6) is 5.75 Å². The molecule has 0 saturated carbocycles. The van der Waals surface area contributed by atoms with Crippen LogP contribution in [0.15, 0.2) is 24.3 Å². The highest BCUT2D eigenvalue weighted by atomic mass is 16.5. The van der Waals surface area contributed by atoms with Crippen molar-refractivity contribution in [3.05, 3.63) is 29.8 Å². The number of rotatable bonds is 15. The Bertz CT molecular complexity index is 359. The monoisotopic (exact) mass is 320 g/mol. The minimum atomic E-state index is 0.349. The average Bonchev–Trinajstić information content (AvgIpc) is 2.59. The van der Waals surface area contributed by atoms with Gasteiger partial charge in [0.2, 0.25) is 0 Å². The predicted molar refractivity (Wildman–Crippen MR) is 99.2 cm³/mol. The summed E-state index contributed by atoms with van der Waals surface area (Å²) in [6.07, 6.45) is 14.9. The van der Waals surface area contributed by atoms with Crippen LogP contribution < -0.4 is 4.74 Å². The predicted octanol–water partition coefficient (Wildman–Crippen LogP) is 5.91. The molecular weight excluding hydrogens is 284 g/mol. The second-order valence-corrected chi connectivity index (χ2v) is 6.50. The molecule has 0 aliphatic heterocycles. The summed E-state index contributed by atoms with van der Waals surface area (Å²) in [6, 6.07) is 8.61. The lowest BCUT2D eigenvalue weighted by Gasteiger charge is -2.07. The number of hydrogen-bond donors (Lipinski definition) is 1. The molecule has 2 nitrogen and oxygen atoms in total. The van der Waals surface area contributed by atoms with Crippen LogP contribution in [0.3, 0.4) is 0 Å². The first kappa shape index (κ1) is 20.0. The molecule has 0 atom stereocenters. The summed E-state index contributed by atoms with van der Waals surface area (Å²) in [5.74, 6) is 1.01. The molecule has 0 fully saturated rings.